The van der Waals surface area contributed by atoms with Crippen LogP contribution < -0.4 is 0 Å². The van der Waals surface area contributed by atoms with Crippen LogP contribution in [0.25, 0.3) is 0 Å². The molecular formula is C7H7F5O. The number of ether oxygens (including phenoxy) is 1. The zero-order valence-electron chi connectivity index (χ0n) is 6.88. The fourth-order valence-corrected chi connectivity index (χ4v) is 0.860. The minimum absolute atomic E-state index is 0.761. The van der Waals surface area contributed by atoms with Gasteiger partial charge in [-0.25, -0.2) is 4.39 Å². The highest BCUT2D eigenvalue weighted by atomic mass is 19.3. The van der Waals surface area contributed by atoms with Crippen LogP contribution >= 0.6 is 0 Å². The molecule has 0 bridgehead atoms. The lowest BCUT2D eigenvalue weighted by Crippen LogP contribution is -2.53. The van der Waals surface area contributed by atoms with Gasteiger partial charge < -0.3 is 4.74 Å². The summed E-state index contributed by atoms with van der Waals surface area (Å²) >= 11 is 0. The molecule has 0 heterocycles. The van der Waals surface area contributed by atoms with Gasteiger partial charge in [-0.15, -0.1) is 0 Å². The minimum atomic E-state index is -4.71. The van der Waals surface area contributed by atoms with E-state index in [0.29, 0.717) is 0 Å². The van der Waals surface area contributed by atoms with Crippen molar-refractivity contribution >= 4 is 0 Å². The molecule has 0 atom stereocenters. The monoisotopic (exact) mass is 202 g/mol. The topological polar surface area (TPSA) is 9.23 Å². The molecule has 76 valence electrons. The molecule has 1 rings (SSSR count). The van der Waals surface area contributed by atoms with Crippen LogP contribution in [0.4, 0.5) is 22.0 Å². The summed E-state index contributed by atoms with van der Waals surface area (Å²) in [5.74, 6) is -12.9. The van der Waals surface area contributed by atoms with E-state index < -0.39 is 29.5 Å². The summed E-state index contributed by atoms with van der Waals surface area (Å²) in [5.41, 5.74) is 0. The molecule has 1 nitrogen and oxygen atoms in total. The number of halogens is 5. The quantitative estimate of drug-likeness (QED) is 0.625. The van der Waals surface area contributed by atoms with E-state index in [1.54, 1.807) is 0 Å². The average molecular weight is 202 g/mol. The van der Waals surface area contributed by atoms with E-state index in [-0.39, 0.29) is 0 Å². The molecule has 0 unspecified atom stereocenters. The van der Waals surface area contributed by atoms with Gasteiger partial charge in [-0.2, -0.15) is 17.6 Å². The molecule has 0 amide bonds. The van der Waals surface area contributed by atoms with Crippen molar-refractivity contribution in [2.45, 2.75) is 31.8 Å². The summed E-state index contributed by atoms with van der Waals surface area (Å²) in [6.07, 6.45) is -0.761. The SMILES string of the molecule is CC(C)OC1=C(F)C(F)(F)C1(F)F. The van der Waals surface area contributed by atoms with Crippen molar-refractivity contribution in [3.63, 3.8) is 0 Å². The van der Waals surface area contributed by atoms with Gasteiger partial charge in [0.25, 0.3) is 0 Å². The smallest absolute Gasteiger partial charge is 0.375 e. The van der Waals surface area contributed by atoms with Crippen molar-refractivity contribution < 1.29 is 26.7 Å². The van der Waals surface area contributed by atoms with Gasteiger partial charge in [0.05, 0.1) is 6.10 Å². The Balaban J connectivity index is 2.93. The maximum atomic E-state index is 12.4. The van der Waals surface area contributed by atoms with Crippen LogP contribution in [-0.4, -0.2) is 17.9 Å². The lowest BCUT2D eigenvalue weighted by Gasteiger charge is -2.36. The fourth-order valence-electron chi connectivity index (χ4n) is 0.860. The molecule has 0 radical (unpaired) electrons. The van der Waals surface area contributed by atoms with Crippen LogP contribution in [0.15, 0.2) is 11.6 Å². The first-order chi connectivity index (χ1) is 5.71. The molecule has 0 spiro atoms. The molecule has 6 heteroatoms. The first-order valence-electron chi connectivity index (χ1n) is 3.54. The number of hydrogen-bond donors (Lipinski definition) is 0. The highest BCUT2D eigenvalue weighted by Gasteiger charge is 2.74. The van der Waals surface area contributed by atoms with Crippen LogP contribution in [0.3, 0.4) is 0 Å². The number of allylic oxidation sites excluding steroid dienone is 2. The van der Waals surface area contributed by atoms with Crippen LogP contribution in [0, 0.1) is 0 Å². The van der Waals surface area contributed by atoms with Crippen LogP contribution in [0.1, 0.15) is 13.8 Å². The molecule has 0 saturated carbocycles. The standard InChI is InChI=1S/C7H7F5O/c1-3(2)13-5-4(8)6(9,10)7(5,11)12/h3H,1-2H3. The Kier molecular flexibility index (Phi) is 2.04. The van der Waals surface area contributed by atoms with E-state index in [0.717, 1.165) is 0 Å². The minimum Gasteiger partial charge on any atom is -0.486 e. The summed E-state index contributed by atoms with van der Waals surface area (Å²) < 4.78 is 65.7. The average Bonchev–Trinajstić information content (AvgIpc) is 1.98. The molecule has 0 aromatic rings. The Morgan fingerprint density at radius 1 is 1.08 bits per heavy atom. The lowest BCUT2D eigenvalue weighted by molar-refractivity contribution is -0.235. The van der Waals surface area contributed by atoms with E-state index in [9.17, 15) is 22.0 Å². The fraction of sp³-hybridized carbons (Fsp3) is 0.714. The summed E-state index contributed by atoms with van der Waals surface area (Å²) in [7, 11) is 0. The first-order valence-corrected chi connectivity index (χ1v) is 3.54. The zero-order valence-corrected chi connectivity index (χ0v) is 6.88. The first kappa shape index (κ1) is 10.3. The van der Waals surface area contributed by atoms with Crippen molar-refractivity contribution in [3.8, 4) is 0 Å². The molecule has 1 aliphatic carbocycles. The number of alkyl halides is 4. The Bertz CT molecular complexity index is 256. The highest BCUT2D eigenvalue weighted by Crippen LogP contribution is 2.56. The van der Waals surface area contributed by atoms with Gasteiger partial charge in [0.15, 0.2) is 0 Å². The van der Waals surface area contributed by atoms with Crippen LogP contribution in [0.5, 0.6) is 0 Å². The molecule has 13 heavy (non-hydrogen) atoms. The highest BCUT2D eigenvalue weighted by molar-refractivity contribution is 5.35. The summed E-state index contributed by atoms with van der Waals surface area (Å²) in [5, 5.41) is 0. The van der Waals surface area contributed by atoms with Crippen molar-refractivity contribution in [2.75, 3.05) is 0 Å². The molecule has 0 saturated heterocycles. The predicted octanol–water partition coefficient (Wildman–Crippen LogP) is 2.88. The Morgan fingerprint density at radius 3 is 1.85 bits per heavy atom. The van der Waals surface area contributed by atoms with E-state index in [4.69, 9.17) is 0 Å². The third-order valence-corrected chi connectivity index (χ3v) is 1.51. The van der Waals surface area contributed by atoms with Gasteiger partial charge in [0, 0.05) is 0 Å². The van der Waals surface area contributed by atoms with Crippen LogP contribution in [0.2, 0.25) is 0 Å². The van der Waals surface area contributed by atoms with Gasteiger partial charge in [-0.1, -0.05) is 0 Å². The molecular weight excluding hydrogens is 195 g/mol. The second kappa shape index (κ2) is 2.59. The normalized spacial score (nSPS) is 24.6. The second-order valence-electron chi connectivity index (χ2n) is 2.96. The van der Waals surface area contributed by atoms with E-state index >= 15 is 0 Å². The largest absolute Gasteiger partial charge is 0.486 e. The van der Waals surface area contributed by atoms with Gasteiger partial charge in [-0.05, 0) is 13.8 Å². The van der Waals surface area contributed by atoms with Crippen molar-refractivity contribution in [3.05, 3.63) is 11.6 Å². The maximum absolute atomic E-state index is 12.4. The van der Waals surface area contributed by atoms with Crippen molar-refractivity contribution in [2.24, 2.45) is 0 Å². The summed E-state index contributed by atoms with van der Waals surface area (Å²) in [4.78, 5) is 0. The van der Waals surface area contributed by atoms with E-state index in [2.05, 4.69) is 4.74 Å². The van der Waals surface area contributed by atoms with E-state index in [1.807, 2.05) is 0 Å². The Hall–Kier alpha value is -0.810. The lowest BCUT2D eigenvalue weighted by atomic mass is 9.96. The Labute approximate surface area is 71.2 Å². The van der Waals surface area contributed by atoms with Gasteiger partial charge in [0.1, 0.15) is 0 Å². The van der Waals surface area contributed by atoms with E-state index in [1.165, 1.54) is 13.8 Å². The number of hydrogen-bond acceptors (Lipinski definition) is 1. The third kappa shape index (κ3) is 1.19. The molecule has 0 aromatic carbocycles. The molecule has 0 aliphatic heterocycles. The van der Waals surface area contributed by atoms with Gasteiger partial charge >= 0.3 is 11.8 Å². The van der Waals surface area contributed by atoms with Gasteiger partial charge in [-0.3, -0.25) is 0 Å². The van der Waals surface area contributed by atoms with Crippen molar-refractivity contribution in [1.82, 2.24) is 0 Å². The predicted molar refractivity (Wildman–Crippen MR) is 34.2 cm³/mol. The molecule has 0 N–H and O–H groups in total. The van der Waals surface area contributed by atoms with Gasteiger partial charge in [0.2, 0.25) is 11.6 Å². The summed E-state index contributed by atoms with van der Waals surface area (Å²) in [6.45, 7) is 2.68. The maximum Gasteiger partial charge on any atom is 0.375 e. The molecule has 1 aliphatic rings. The Morgan fingerprint density at radius 2 is 1.54 bits per heavy atom. The molecule has 0 fully saturated rings. The number of rotatable bonds is 2. The molecule has 0 aromatic heterocycles. The zero-order chi connectivity index (χ0) is 10.4. The third-order valence-electron chi connectivity index (χ3n) is 1.51. The second-order valence-corrected chi connectivity index (χ2v) is 2.96. The van der Waals surface area contributed by atoms with Crippen LogP contribution in [-0.2, 0) is 4.74 Å². The van der Waals surface area contributed by atoms with Crippen molar-refractivity contribution in [1.29, 1.82) is 0 Å². The summed E-state index contributed by atoms with van der Waals surface area (Å²) in [6, 6.07) is 0.